The van der Waals surface area contributed by atoms with Gasteiger partial charge in [0, 0.05) is 12.1 Å². The van der Waals surface area contributed by atoms with Crippen LogP contribution < -0.4 is 19.1 Å². The normalized spacial score (nSPS) is 15.2. The summed E-state index contributed by atoms with van der Waals surface area (Å²) in [4.78, 5) is 15.2. The van der Waals surface area contributed by atoms with Crippen LogP contribution in [0.4, 0.5) is 5.69 Å². The molecule has 0 saturated carbocycles. The number of aryl methyl sites for hydroxylation is 1. The van der Waals surface area contributed by atoms with Gasteiger partial charge < -0.3 is 19.7 Å². The lowest BCUT2D eigenvalue weighted by atomic mass is 10.1. The molecule has 1 N–H and O–H groups in total. The number of benzene rings is 2. The van der Waals surface area contributed by atoms with Crippen molar-refractivity contribution in [3.63, 3.8) is 0 Å². The smallest absolute Gasteiger partial charge is 0.268 e. The Kier molecular flexibility index (Phi) is 7.63. The molecule has 1 saturated heterocycles. The van der Waals surface area contributed by atoms with Gasteiger partial charge in [0.05, 0.1) is 19.9 Å². The number of methoxy groups -OCH3 is 2. The lowest BCUT2D eigenvalue weighted by Gasteiger charge is -2.31. The fourth-order valence-electron chi connectivity index (χ4n) is 3.74. The van der Waals surface area contributed by atoms with Gasteiger partial charge in [-0.3, -0.25) is 9.10 Å². The first kappa shape index (κ1) is 23.9. The monoisotopic (exact) mass is 461 g/mol. The summed E-state index contributed by atoms with van der Waals surface area (Å²) >= 11 is 0. The van der Waals surface area contributed by atoms with Gasteiger partial charge in [0.1, 0.15) is 22.9 Å². The van der Waals surface area contributed by atoms with Crippen molar-refractivity contribution in [1.29, 1.82) is 0 Å². The minimum Gasteiger partial charge on any atom is -0.497 e. The van der Waals surface area contributed by atoms with Crippen LogP contribution >= 0.6 is 0 Å². The average molecular weight is 462 g/mol. The molecule has 174 valence electrons. The fourth-order valence-corrected chi connectivity index (χ4v) is 5.40. The molecular weight excluding hydrogens is 430 g/mol. The summed E-state index contributed by atoms with van der Waals surface area (Å²) in [6, 6.07) is 11.6. The summed E-state index contributed by atoms with van der Waals surface area (Å²) in [5.41, 5.74) is 1.11. The van der Waals surface area contributed by atoms with Gasteiger partial charge in [-0.1, -0.05) is 12.1 Å². The highest BCUT2D eigenvalue weighted by molar-refractivity contribution is 7.93. The van der Waals surface area contributed by atoms with E-state index in [4.69, 9.17) is 9.47 Å². The second-order valence-electron chi connectivity index (χ2n) is 8.01. The topological polar surface area (TPSA) is 88.2 Å². The molecule has 0 aliphatic carbocycles. The van der Waals surface area contributed by atoms with Crippen LogP contribution in [0.5, 0.6) is 11.5 Å². The predicted molar refractivity (Wildman–Crippen MR) is 124 cm³/mol. The molecule has 0 radical (unpaired) electrons. The third kappa shape index (κ3) is 5.52. The summed E-state index contributed by atoms with van der Waals surface area (Å²) in [7, 11) is 0.872. The van der Waals surface area contributed by atoms with E-state index in [1.807, 2.05) is 7.05 Å². The number of carbonyl (C=O) groups excluding carboxylic acids is 1. The number of amides is 1. The number of hydrogen-bond acceptors (Lipinski definition) is 6. The Morgan fingerprint density at radius 1 is 1.12 bits per heavy atom. The number of piperidine rings is 1. The highest BCUT2D eigenvalue weighted by Crippen LogP contribution is 2.32. The van der Waals surface area contributed by atoms with Gasteiger partial charge in [-0.05, 0) is 69.7 Å². The van der Waals surface area contributed by atoms with E-state index in [9.17, 15) is 13.2 Å². The predicted octanol–water partition coefficient (Wildman–Crippen LogP) is 2.42. The third-order valence-corrected chi connectivity index (χ3v) is 7.39. The number of ether oxygens (including phenoxy) is 2. The standard InChI is InChI=1S/C23H31N3O5S/c1-17-8-9-21(31-4)22(14-17)32(28,29)26(19-6-5-7-20(15-19)30-3)16-23(27)24-18-10-12-25(2)13-11-18/h5-9,14-15,18H,10-13,16H2,1-4H3,(H,24,27). The van der Waals surface area contributed by atoms with E-state index in [1.54, 1.807) is 49.4 Å². The molecule has 0 aromatic heterocycles. The zero-order valence-electron chi connectivity index (χ0n) is 19.0. The highest BCUT2D eigenvalue weighted by Gasteiger charge is 2.31. The van der Waals surface area contributed by atoms with Gasteiger partial charge in [-0.15, -0.1) is 0 Å². The Labute approximate surface area is 190 Å². The van der Waals surface area contributed by atoms with Crippen molar-refractivity contribution in [3.05, 3.63) is 48.0 Å². The molecule has 0 spiro atoms. The van der Waals surface area contributed by atoms with Crippen molar-refractivity contribution in [2.75, 3.05) is 45.2 Å². The lowest BCUT2D eigenvalue weighted by Crippen LogP contribution is -2.47. The van der Waals surface area contributed by atoms with Crippen molar-refractivity contribution >= 4 is 21.6 Å². The molecule has 0 unspecified atom stereocenters. The van der Waals surface area contributed by atoms with Gasteiger partial charge in [-0.25, -0.2) is 8.42 Å². The SMILES string of the molecule is COc1cccc(N(CC(=O)NC2CCN(C)CC2)S(=O)(=O)c2cc(C)ccc2OC)c1. The summed E-state index contributed by atoms with van der Waals surface area (Å²) in [5, 5.41) is 3.00. The number of likely N-dealkylation sites (tertiary alicyclic amines) is 1. The van der Waals surface area contributed by atoms with Crippen LogP contribution in [0.1, 0.15) is 18.4 Å². The maximum atomic E-state index is 13.8. The molecule has 3 rings (SSSR count). The minimum absolute atomic E-state index is 0.00918. The van der Waals surface area contributed by atoms with Crippen molar-refractivity contribution < 1.29 is 22.7 Å². The summed E-state index contributed by atoms with van der Waals surface area (Å²) < 4.78 is 39.2. The van der Waals surface area contributed by atoms with Crippen molar-refractivity contribution in [1.82, 2.24) is 10.2 Å². The quantitative estimate of drug-likeness (QED) is 0.650. The van der Waals surface area contributed by atoms with Crippen molar-refractivity contribution in [2.45, 2.75) is 30.7 Å². The Morgan fingerprint density at radius 2 is 1.84 bits per heavy atom. The van der Waals surface area contributed by atoms with Crippen molar-refractivity contribution in [2.24, 2.45) is 0 Å². The van der Waals surface area contributed by atoms with Gasteiger partial charge in [0.2, 0.25) is 5.91 Å². The van der Waals surface area contributed by atoms with Crippen LogP contribution in [0.25, 0.3) is 0 Å². The molecule has 1 amide bonds. The molecule has 2 aromatic carbocycles. The number of nitrogens with zero attached hydrogens (tertiary/aromatic N) is 2. The molecule has 9 heteroatoms. The van der Waals surface area contributed by atoms with E-state index < -0.39 is 10.0 Å². The fraction of sp³-hybridized carbons (Fsp3) is 0.435. The second-order valence-corrected chi connectivity index (χ2v) is 9.84. The number of nitrogens with one attached hydrogen (secondary N) is 1. The Balaban J connectivity index is 1.95. The number of hydrogen-bond donors (Lipinski definition) is 1. The highest BCUT2D eigenvalue weighted by atomic mass is 32.2. The molecule has 1 heterocycles. The maximum Gasteiger partial charge on any atom is 0.268 e. The molecule has 1 aliphatic rings. The first-order valence-corrected chi connectivity index (χ1v) is 12.0. The summed E-state index contributed by atoms with van der Waals surface area (Å²) in [6.07, 6.45) is 1.67. The first-order valence-electron chi connectivity index (χ1n) is 10.5. The van der Waals surface area contributed by atoms with Gasteiger partial charge in [-0.2, -0.15) is 0 Å². The zero-order chi connectivity index (χ0) is 23.3. The van der Waals surface area contributed by atoms with Crippen molar-refractivity contribution in [3.8, 4) is 11.5 Å². The lowest BCUT2D eigenvalue weighted by molar-refractivity contribution is -0.120. The van der Waals surface area contributed by atoms with E-state index in [1.165, 1.54) is 14.2 Å². The molecule has 0 atom stereocenters. The van der Waals surface area contributed by atoms with Crippen LogP contribution in [0.3, 0.4) is 0 Å². The molecule has 1 aliphatic heterocycles. The van der Waals surface area contributed by atoms with Gasteiger partial charge in [0.15, 0.2) is 0 Å². The number of rotatable bonds is 8. The van der Waals surface area contributed by atoms with Crippen LogP contribution in [0.15, 0.2) is 47.4 Å². The van der Waals surface area contributed by atoms with E-state index >= 15 is 0 Å². The van der Waals surface area contributed by atoms with Crippen LogP contribution in [-0.2, 0) is 14.8 Å². The molecular formula is C23H31N3O5S. The van der Waals surface area contributed by atoms with E-state index in [-0.39, 0.29) is 29.1 Å². The molecule has 2 aromatic rings. The first-order chi connectivity index (χ1) is 15.2. The number of sulfonamides is 1. The second kappa shape index (κ2) is 10.2. The van der Waals surface area contributed by atoms with Crippen LogP contribution in [0.2, 0.25) is 0 Å². The Morgan fingerprint density at radius 3 is 2.50 bits per heavy atom. The third-order valence-electron chi connectivity index (χ3n) is 5.60. The zero-order valence-corrected chi connectivity index (χ0v) is 19.8. The molecule has 32 heavy (non-hydrogen) atoms. The van der Waals surface area contributed by atoms with E-state index in [0.717, 1.165) is 35.8 Å². The number of anilines is 1. The Hall–Kier alpha value is -2.78. The van der Waals surface area contributed by atoms with E-state index in [0.29, 0.717) is 11.4 Å². The number of carbonyl (C=O) groups is 1. The maximum absolute atomic E-state index is 13.8. The van der Waals surface area contributed by atoms with Crippen LogP contribution in [0, 0.1) is 6.92 Å². The van der Waals surface area contributed by atoms with Gasteiger partial charge in [0.25, 0.3) is 10.0 Å². The minimum atomic E-state index is -4.11. The summed E-state index contributed by atoms with van der Waals surface area (Å²) in [6.45, 7) is 3.24. The summed E-state index contributed by atoms with van der Waals surface area (Å²) in [5.74, 6) is 0.367. The largest absolute Gasteiger partial charge is 0.497 e. The van der Waals surface area contributed by atoms with E-state index in [2.05, 4.69) is 10.2 Å². The van der Waals surface area contributed by atoms with Crippen LogP contribution in [-0.4, -0.2) is 66.2 Å². The molecule has 0 bridgehead atoms. The Bertz CT molecular complexity index is 1050. The van der Waals surface area contributed by atoms with Gasteiger partial charge >= 0.3 is 0 Å². The average Bonchev–Trinajstić information content (AvgIpc) is 2.79. The molecule has 1 fully saturated rings. The molecule has 8 nitrogen and oxygen atoms in total.